The van der Waals surface area contributed by atoms with Crippen LogP contribution in [0.5, 0.6) is 0 Å². The summed E-state index contributed by atoms with van der Waals surface area (Å²) in [5.41, 5.74) is 4.90. The zero-order chi connectivity index (χ0) is 17.6. The van der Waals surface area contributed by atoms with Crippen LogP contribution in [0.3, 0.4) is 0 Å². The molecule has 0 saturated carbocycles. The van der Waals surface area contributed by atoms with E-state index in [1.165, 1.54) is 16.8 Å². The number of benzene rings is 1. The maximum atomic E-state index is 9.63. The van der Waals surface area contributed by atoms with Crippen LogP contribution in [0.25, 0.3) is 0 Å². The van der Waals surface area contributed by atoms with Crippen LogP contribution in [0.1, 0.15) is 42.6 Å². The summed E-state index contributed by atoms with van der Waals surface area (Å²) in [6, 6.07) is 13.4. The Kier molecular flexibility index (Phi) is 6.05. The van der Waals surface area contributed by atoms with Gasteiger partial charge in [-0.15, -0.1) is 0 Å². The van der Waals surface area contributed by atoms with E-state index in [1.807, 2.05) is 13.1 Å². The van der Waals surface area contributed by atoms with Gasteiger partial charge in [-0.2, -0.15) is 0 Å². The Morgan fingerprint density at radius 3 is 2.52 bits per heavy atom. The second-order valence-corrected chi connectivity index (χ2v) is 7.04. The van der Waals surface area contributed by atoms with Crippen LogP contribution in [0.4, 0.5) is 5.69 Å². The summed E-state index contributed by atoms with van der Waals surface area (Å²) in [6.45, 7) is 7.05. The van der Waals surface area contributed by atoms with Crippen molar-refractivity contribution in [3.63, 3.8) is 0 Å². The van der Waals surface area contributed by atoms with Crippen LogP contribution >= 0.6 is 0 Å². The predicted molar refractivity (Wildman–Crippen MR) is 103 cm³/mol. The number of aromatic nitrogens is 1. The molecule has 134 valence electrons. The lowest BCUT2D eigenvalue weighted by atomic mass is 10.0. The molecule has 2 aromatic rings. The molecule has 0 bridgehead atoms. The minimum Gasteiger partial charge on any atom is -0.393 e. The number of nitrogens with zero attached hydrogens (tertiary/aromatic N) is 2. The summed E-state index contributed by atoms with van der Waals surface area (Å²) in [5, 5.41) is 13.2. The maximum absolute atomic E-state index is 9.63. The van der Waals surface area contributed by atoms with Gasteiger partial charge < -0.3 is 15.3 Å². The molecule has 0 spiro atoms. The summed E-state index contributed by atoms with van der Waals surface area (Å²) in [6.07, 6.45) is 4.57. The van der Waals surface area contributed by atoms with E-state index in [0.29, 0.717) is 6.04 Å². The fourth-order valence-corrected chi connectivity index (χ4v) is 3.30. The van der Waals surface area contributed by atoms with Gasteiger partial charge in [0.1, 0.15) is 0 Å². The molecule has 0 aliphatic carbocycles. The molecule has 1 aliphatic heterocycles. The lowest BCUT2D eigenvalue weighted by Gasteiger charge is -2.31. The topological polar surface area (TPSA) is 48.4 Å². The molecule has 1 aliphatic rings. The third-order valence-corrected chi connectivity index (χ3v) is 5.06. The second-order valence-electron chi connectivity index (χ2n) is 7.04. The Balaban J connectivity index is 1.48. The van der Waals surface area contributed by atoms with E-state index < -0.39 is 0 Å². The number of rotatable bonds is 6. The molecule has 0 amide bonds. The highest BCUT2D eigenvalue weighted by Crippen LogP contribution is 2.22. The molecule has 1 unspecified atom stereocenters. The lowest BCUT2D eigenvalue weighted by molar-refractivity contribution is 0.145. The van der Waals surface area contributed by atoms with Gasteiger partial charge >= 0.3 is 0 Å². The van der Waals surface area contributed by atoms with Gasteiger partial charge in [0.05, 0.1) is 6.10 Å². The second kappa shape index (κ2) is 8.45. The van der Waals surface area contributed by atoms with Gasteiger partial charge in [-0.1, -0.05) is 18.2 Å². The number of hydrogen-bond donors (Lipinski definition) is 2. The molecule has 1 aromatic heterocycles. The van der Waals surface area contributed by atoms with Crippen LogP contribution in [0.2, 0.25) is 0 Å². The first-order valence-electron chi connectivity index (χ1n) is 9.30. The summed E-state index contributed by atoms with van der Waals surface area (Å²) < 4.78 is 0. The quantitative estimate of drug-likeness (QED) is 0.848. The first-order valence-corrected chi connectivity index (χ1v) is 9.30. The van der Waals surface area contributed by atoms with Crippen LogP contribution in [-0.4, -0.2) is 35.8 Å². The van der Waals surface area contributed by atoms with Gasteiger partial charge in [-0.3, -0.25) is 4.98 Å². The first-order chi connectivity index (χ1) is 12.1. The number of hydrogen-bond acceptors (Lipinski definition) is 4. The van der Waals surface area contributed by atoms with Crippen molar-refractivity contribution in [1.29, 1.82) is 0 Å². The van der Waals surface area contributed by atoms with Crippen molar-refractivity contribution in [2.24, 2.45) is 0 Å². The van der Waals surface area contributed by atoms with Gasteiger partial charge in [0, 0.05) is 36.7 Å². The van der Waals surface area contributed by atoms with E-state index in [1.54, 1.807) is 0 Å². The van der Waals surface area contributed by atoms with Gasteiger partial charge in [0.25, 0.3) is 0 Å². The number of aliphatic hydroxyl groups excluding tert-OH is 1. The minimum atomic E-state index is -0.122. The molecule has 25 heavy (non-hydrogen) atoms. The summed E-state index contributed by atoms with van der Waals surface area (Å²) in [7, 11) is 0. The van der Waals surface area contributed by atoms with Crippen molar-refractivity contribution in [3.8, 4) is 0 Å². The fraction of sp³-hybridized carbons (Fsp3) is 0.476. The monoisotopic (exact) mass is 339 g/mol. The van der Waals surface area contributed by atoms with Crippen LogP contribution in [0.15, 0.2) is 42.6 Å². The lowest BCUT2D eigenvalue weighted by Crippen LogP contribution is -2.35. The Morgan fingerprint density at radius 1 is 1.16 bits per heavy atom. The molecular formula is C21H29N3O. The fourth-order valence-electron chi connectivity index (χ4n) is 3.30. The Bertz CT molecular complexity index is 646. The van der Waals surface area contributed by atoms with Crippen molar-refractivity contribution >= 4 is 5.69 Å². The number of aryl methyl sites for hydroxylation is 1. The van der Waals surface area contributed by atoms with Crippen LogP contribution in [-0.2, 0) is 6.42 Å². The molecule has 1 fully saturated rings. The molecule has 1 atom stereocenters. The van der Waals surface area contributed by atoms with E-state index in [2.05, 4.69) is 58.5 Å². The van der Waals surface area contributed by atoms with Crippen molar-refractivity contribution in [2.45, 2.75) is 45.3 Å². The Hall–Kier alpha value is -1.91. The summed E-state index contributed by atoms with van der Waals surface area (Å²) in [5.74, 6) is 0. The number of pyridine rings is 1. The Labute approximate surface area is 150 Å². The summed E-state index contributed by atoms with van der Waals surface area (Å²) >= 11 is 0. The molecule has 3 rings (SSSR count). The van der Waals surface area contributed by atoms with E-state index in [-0.39, 0.29) is 6.10 Å². The number of nitrogens with one attached hydrogen (secondary N) is 1. The molecule has 0 radical (unpaired) electrons. The van der Waals surface area contributed by atoms with Crippen LogP contribution in [0, 0.1) is 6.92 Å². The first kappa shape index (κ1) is 17.9. The highest BCUT2D eigenvalue weighted by molar-refractivity contribution is 5.48. The van der Waals surface area contributed by atoms with E-state index in [9.17, 15) is 5.11 Å². The van der Waals surface area contributed by atoms with E-state index in [0.717, 1.165) is 44.6 Å². The number of aliphatic hydroxyl groups is 1. The molecule has 1 saturated heterocycles. The molecular weight excluding hydrogens is 310 g/mol. The average Bonchev–Trinajstić information content (AvgIpc) is 2.64. The highest BCUT2D eigenvalue weighted by Gasteiger charge is 2.17. The zero-order valence-electron chi connectivity index (χ0n) is 15.3. The highest BCUT2D eigenvalue weighted by atomic mass is 16.3. The van der Waals surface area contributed by atoms with Crippen molar-refractivity contribution in [2.75, 3.05) is 24.5 Å². The van der Waals surface area contributed by atoms with Gasteiger partial charge in [0.15, 0.2) is 0 Å². The minimum absolute atomic E-state index is 0.122. The number of piperidine rings is 1. The average molecular weight is 339 g/mol. The maximum Gasteiger partial charge on any atom is 0.0574 e. The SMILES string of the molecule is Cc1ccc(CCNC(C)c2ccc(N3CCC(O)CC3)cc2)cn1. The predicted octanol–water partition coefficient (Wildman–Crippen LogP) is 3.24. The van der Waals surface area contributed by atoms with E-state index in [4.69, 9.17) is 0 Å². The van der Waals surface area contributed by atoms with Gasteiger partial charge in [-0.25, -0.2) is 0 Å². The standard InChI is InChI=1S/C21H29N3O/c1-16-3-4-18(15-23-16)9-12-22-17(2)19-5-7-20(8-6-19)24-13-10-21(25)11-14-24/h3-8,15,17,21-22,25H,9-14H2,1-2H3. The summed E-state index contributed by atoms with van der Waals surface area (Å²) in [4.78, 5) is 6.71. The van der Waals surface area contributed by atoms with Gasteiger partial charge in [-0.05, 0) is 69.0 Å². The largest absolute Gasteiger partial charge is 0.393 e. The van der Waals surface area contributed by atoms with Crippen molar-refractivity contribution in [1.82, 2.24) is 10.3 Å². The molecule has 1 aromatic carbocycles. The smallest absolute Gasteiger partial charge is 0.0574 e. The third kappa shape index (κ3) is 5.03. The molecule has 4 nitrogen and oxygen atoms in total. The Morgan fingerprint density at radius 2 is 1.88 bits per heavy atom. The molecule has 2 heterocycles. The zero-order valence-corrected chi connectivity index (χ0v) is 15.3. The number of anilines is 1. The molecule has 4 heteroatoms. The van der Waals surface area contributed by atoms with E-state index >= 15 is 0 Å². The van der Waals surface area contributed by atoms with Gasteiger partial charge in [0.2, 0.25) is 0 Å². The van der Waals surface area contributed by atoms with Crippen molar-refractivity contribution < 1.29 is 5.11 Å². The molecule has 2 N–H and O–H groups in total. The van der Waals surface area contributed by atoms with Crippen LogP contribution < -0.4 is 10.2 Å². The normalized spacial score (nSPS) is 16.8. The third-order valence-electron chi connectivity index (χ3n) is 5.06. The van der Waals surface area contributed by atoms with Crippen molar-refractivity contribution in [3.05, 3.63) is 59.4 Å².